The lowest BCUT2D eigenvalue weighted by atomic mass is 10.0. The van der Waals surface area contributed by atoms with Gasteiger partial charge in [0, 0.05) is 38.0 Å². The highest BCUT2D eigenvalue weighted by Crippen LogP contribution is 2.21. The summed E-state index contributed by atoms with van der Waals surface area (Å²) in [6.45, 7) is 10.1. The maximum atomic E-state index is 11.8. The van der Waals surface area contributed by atoms with Crippen LogP contribution >= 0.6 is 0 Å². The lowest BCUT2D eigenvalue weighted by Crippen LogP contribution is -2.44. The molecule has 2 heterocycles. The van der Waals surface area contributed by atoms with Crippen LogP contribution in [0.15, 0.2) is 12.7 Å². The Labute approximate surface area is 111 Å². The number of rotatable bonds is 5. The van der Waals surface area contributed by atoms with E-state index in [1.165, 1.54) is 32.2 Å². The Hall–Kier alpha value is -0.830. The van der Waals surface area contributed by atoms with Crippen molar-refractivity contribution in [2.45, 2.75) is 45.1 Å². The molecule has 0 aromatic carbocycles. The van der Waals surface area contributed by atoms with Gasteiger partial charge in [-0.1, -0.05) is 19.4 Å². The molecule has 2 fully saturated rings. The van der Waals surface area contributed by atoms with Gasteiger partial charge in [-0.25, -0.2) is 0 Å². The third kappa shape index (κ3) is 3.14. The average Bonchev–Trinajstić information content (AvgIpc) is 2.77. The molecule has 0 aromatic heterocycles. The molecule has 0 N–H and O–H groups in total. The number of likely N-dealkylation sites (tertiary alicyclic amines) is 2. The molecule has 2 rings (SSSR count). The molecule has 3 heteroatoms. The minimum absolute atomic E-state index is 0.310. The summed E-state index contributed by atoms with van der Waals surface area (Å²) in [4.78, 5) is 16.4. The molecule has 2 aliphatic heterocycles. The van der Waals surface area contributed by atoms with Crippen molar-refractivity contribution >= 4 is 5.91 Å². The van der Waals surface area contributed by atoms with Crippen LogP contribution < -0.4 is 0 Å². The zero-order valence-corrected chi connectivity index (χ0v) is 11.6. The van der Waals surface area contributed by atoms with Gasteiger partial charge in [-0.05, 0) is 25.8 Å². The zero-order valence-electron chi connectivity index (χ0n) is 11.6. The summed E-state index contributed by atoms with van der Waals surface area (Å²) < 4.78 is 0. The van der Waals surface area contributed by atoms with Gasteiger partial charge in [0.15, 0.2) is 0 Å². The van der Waals surface area contributed by atoms with Gasteiger partial charge in [-0.3, -0.25) is 9.69 Å². The normalized spacial score (nSPS) is 29.8. The second kappa shape index (κ2) is 6.37. The predicted octanol–water partition coefficient (Wildman–Crippen LogP) is 2.29. The standard InChI is InChI=1S/C15H26N2O/c1-3-13-11-15(18)17(12-13)10-9-16-8-6-5-7-14(16)4-2/h3,13-14H,1,4-12H2,2H3. The van der Waals surface area contributed by atoms with Crippen molar-refractivity contribution < 1.29 is 4.79 Å². The smallest absolute Gasteiger partial charge is 0.223 e. The first-order chi connectivity index (χ1) is 8.74. The predicted molar refractivity (Wildman–Crippen MR) is 74.4 cm³/mol. The maximum absolute atomic E-state index is 11.8. The summed E-state index contributed by atoms with van der Waals surface area (Å²) in [7, 11) is 0. The lowest BCUT2D eigenvalue weighted by molar-refractivity contribution is -0.128. The van der Waals surface area contributed by atoms with Crippen molar-refractivity contribution in [2.24, 2.45) is 5.92 Å². The van der Waals surface area contributed by atoms with E-state index in [1.54, 1.807) is 0 Å². The minimum Gasteiger partial charge on any atom is -0.341 e. The van der Waals surface area contributed by atoms with Crippen molar-refractivity contribution in [1.29, 1.82) is 0 Å². The summed E-state index contributed by atoms with van der Waals surface area (Å²) in [5, 5.41) is 0. The molecular formula is C15H26N2O. The SMILES string of the molecule is C=CC1CC(=O)N(CCN2CCCCC2CC)C1. The largest absolute Gasteiger partial charge is 0.341 e. The molecule has 0 aliphatic carbocycles. The summed E-state index contributed by atoms with van der Waals surface area (Å²) in [6, 6.07) is 0.742. The topological polar surface area (TPSA) is 23.6 Å². The van der Waals surface area contributed by atoms with E-state index in [4.69, 9.17) is 0 Å². The molecule has 2 atom stereocenters. The van der Waals surface area contributed by atoms with Crippen molar-refractivity contribution in [3.63, 3.8) is 0 Å². The number of piperidine rings is 1. The van der Waals surface area contributed by atoms with Gasteiger partial charge >= 0.3 is 0 Å². The summed E-state index contributed by atoms with van der Waals surface area (Å²) >= 11 is 0. The number of carbonyl (C=O) groups is 1. The van der Waals surface area contributed by atoms with Crippen LogP contribution in [0.25, 0.3) is 0 Å². The number of carbonyl (C=O) groups excluding carboxylic acids is 1. The van der Waals surface area contributed by atoms with E-state index in [0.717, 1.165) is 25.7 Å². The Morgan fingerprint density at radius 2 is 2.22 bits per heavy atom. The number of amides is 1. The molecule has 2 unspecified atom stereocenters. The molecule has 2 saturated heterocycles. The first-order valence-electron chi connectivity index (χ1n) is 7.39. The van der Waals surface area contributed by atoms with Crippen LogP contribution in [0.5, 0.6) is 0 Å². The monoisotopic (exact) mass is 250 g/mol. The van der Waals surface area contributed by atoms with E-state index in [-0.39, 0.29) is 0 Å². The van der Waals surface area contributed by atoms with Crippen LogP contribution in [0.1, 0.15) is 39.0 Å². The zero-order chi connectivity index (χ0) is 13.0. The van der Waals surface area contributed by atoms with Crippen LogP contribution in [0, 0.1) is 5.92 Å². The molecule has 3 nitrogen and oxygen atoms in total. The Kier molecular flexibility index (Phi) is 4.81. The number of hydrogen-bond acceptors (Lipinski definition) is 2. The van der Waals surface area contributed by atoms with E-state index in [2.05, 4.69) is 18.4 Å². The fraction of sp³-hybridized carbons (Fsp3) is 0.800. The molecule has 0 spiro atoms. The molecule has 0 saturated carbocycles. The van der Waals surface area contributed by atoms with Gasteiger partial charge < -0.3 is 4.90 Å². The van der Waals surface area contributed by atoms with E-state index in [0.29, 0.717) is 18.2 Å². The first kappa shape index (κ1) is 13.6. The second-order valence-electron chi connectivity index (χ2n) is 5.63. The Balaban J connectivity index is 1.80. The van der Waals surface area contributed by atoms with Crippen LogP contribution in [0.3, 0.4) is 0 Å². The van der Waals surface area contributed by atoms with Gasteiger partial charge in [0.1, 0.15) is 0 Å². The van der Waals surface area contributed by atoms with Crippen molar-refractivity contribution in [3.05, 3.63) is 12.7 Å². The summed E-state index contributed by atoms with van der Waals surface area (Å²) in [5.41, 5.74) is 0. The van der Waals surface area contributed by atoms with Crippen LogP contribution in [0.4, 0.5) is 0 Å². The number of hydrogen-bond donors (Lipinski definition) is 0. The van der Waals surface area contributed by atoms with Crippen molar-refractivity contribution in [2.75, 3.05) is 26.2 Å². The molecule has 2 aliphatic rings. The maximum Gasteiger partial charge on any atom is 0.223 e. The molecule has 1 amide bonds. The van der Waals surface area contributed by atoms with Crippen LogP contribution in [-0.4, -0.2) is 47.9 Å². The van der Waals surface area contributed by atoms with Crippen LogP contribution in [0.2, 0.25) is 0 Å². The van der Waals surface area contributed by atoms with Crippen LogP contribution in [-0.2, 0) is 4.79 Å². The van der Waals surface area contributed by atoms with Gasteiger partial charge in [0.05, 0.1) is 0 Å². The third-order valence-electron chi connectivity index (χ3n) is 4.46. The minimum atomic E-state index is 0.310. The van der Waals surface area contributed by atoms with Gasteiger partial charge in [0.25, 0.3) is 0 Å². The average molecular weight is 250 g/mol. The Bertz CT molecular complexity index is 303. The molecule has 0 aromatic rings. The Morgan fingerprint density at radius 3 is 2.89 bits per heavy atom. The van der Waals surface area contributed by atoms with E-state index >= 15 is 0 Å². The highest BCUT2D eigenvalue weighted by Gasteiger charge is 2.28. The van der Waals surface area contributed by atoms with E-state index in [9.17, 15) is 4.79 Å². The quantitative estimate of drug-likeness (QED) is 0.699. The molecule has 18 heavy (non-hydrogen) atoms. The number of nitrogens with zero attached hydrogens (tertiary/aromatic N) is 2. The van der Waals surface area contributed by atoms with E-state index < -0.39 is 0 Å². The second-order valence-corrected chi connectivity index (χ2v) is 5.63. The van der Waals surface area contributed by atoms with Crippen molar-refractivity contribution in [1.82, 2.24) is 9.80 Å². The molecule has 0 radical (unpaired) electrons. The fourth-order valence-electron chi connectivity index (χ4n) is 3.24. The summed E-state index contributed by atoms with van der Waals surface area (Å²) in [6.07, 6.45) is 7.85. The molecule has 102 valence electrons. The highest BCUT2D eigenvalue weighted by molar-refractivity contribution is 5.78. The summed E-state index contributed by atoms with van der Waals surface area (Å²) in [5.74, 6) is 0.686. The van der Waals surface area contributed by atoms with E-state index in [1.807, 2.05) is 11.0 Å². The first-order valence-corrected chi connectivity index (χ1v) is 7.39. The molecule has 0 bridgehead atoms. The Morgan fingerprint density at radius 1 is 1.39 bits per heavy atom. The lowest BCUT2D eigenvalue weighted by Gasteiger charge is -2.36. The van der Waals surface area contributed by atoms with Gasteiger partial charge in [-0.15, -0.1) is 6.58 Å². The fourth-order valence-corrected chi connectivity index (χ4v) is 3.24. The van der Waals surface area contributed by atoms with Gasteiger partial charge in [0.2, 0.25) is 5.91 Å². The van der Waals surface area contributed by atoms with Crippen molar-refractivity contribution in [3.8, 4) is 0 Å². The third-order valence-corrected chi connectivity index (χ3v) is 4.46. The van der Waals surface area contributed by atoms with Gasteiger partial charge in [-0.2, -0.15) is 0 Å². The highest BCUT2D eigenvalue weighted by atomic mass is 16.2. The molecular weight excluding hydrogens is 224 g/mol.